The molecule has 1 saturated carbocycles. The average Bonchev–Trinajstić information content (AvgIpc) is 2.68. The molecule has 1 aromatic rings. The Bertz CT molecular complexity index is 687. The Morgan fingerprint density at radius 2 is 1.81 bits per heavy atom. The molecule has 27 heavy (non-hydrogen) atoms. The third kappa shape index (κ3) is 4.18. The highest BCUT2D eigenvalue weighted by atomic mass is 16.5. The first-order valence-electron chi connectivity index (χ1n) is 9.53. The predicted octanol–water partition coefficient (Wildman–Crippen LogP) is 2.31. The molecule has 0 aromatic heterocycles. The Balaban J connectivity index is 1.76. The summed E-state index contributed by atoms with van der Waals surface area (Å²) in [4.78, 5) is 28.4. The maximum absolute atomic E-state index is 12.7. The molecule has 2 fully saturated rings. The van der Waals surface area contributed by atoms with Crippen LogP contribution in [0.1, 0.15) is 43.7 Å². The molecule has 1 N–H and O–H groups in total. The van der Waals surface area contributed by atoms with Gasteiger partial charge in [0.2, 0.25) is 5.91 Å². The van der Waals surface area contributed by atoms with Crippen LogP contribution in [0.25, 0.3) is 0 Å². The molecular weight excluding hydrogens is 348 g/mol. The summed E-state index contributed by atoms with van der Waals surface area (Å²) in [5.41, 5.74) is 0.582. The summed E-state index contributed by atoms with van der Waals surface area (Å²) in [6, 6.07) is 4.53. The summed E-state index contributed by atoms with van der Waals surface area (Å²) >= 11 is 0. The summed E-state index contributed by atoms with van der Waals surface area (Å²) in [6.07, 6.45) is 5.70. The van der Waals surface area contributed by atoms with Crippen molar-refractivity contribution in [1.29, 1.82) is 0 Å². The van der Waals surface area contributed by atoms with E-state index in [9.17, 15) is 14.7 Å². The number of carboxylic acids is 1. The van der Waals surface area contributed by atoms with Gasteiger partial charge in [0.1, 0.15) is 6.04 Å². The number of carbonyl (C=O) groups excluding carboxylic acids is 1. The number of aliphatic carboxylic acids is 1. The number of amides is 1. The lowest BCUT2D eigenvalue weighted by atomic mass is 9.93. The molecule has 1 unspecified atom stereocenters. The monoisotopic (exact) mass is 376 g/mol. The SMILES string of the molecule is COc1ccc(C(C(=O)O)N2CCN(C3CCCCC3)C(=O)C2)cc1OC. The Kier molecular flexibility index (Phi) is 6.21. The van der Waals surface area contributed by atoms with Gasteiger partial charge in [-0.1, -0.05) is 25.3 Å². The van der Waals surface area contributed by atoms with E-state index in [1.54, 1.807) is 23.1 Å². The van der Waals surface area contributed by atoms with Crippen molar-refractivity contribution in [2.24, 2.45) is 0 Å². The fourth-order valence-corrected chi connectivity index (χ4v) is 4.24. The van der Waals surface area contributed by atoms with Crippen LogP contribution in [0.4, 0.5) is 0 Å². The van der Waals surface area contributed by atoms with E-state index in [1.165, 1.54) is 33.5 Å². The summed E-state index contributed by atoms with van der Waals surface area (Å²) in [5, 5.41) is 9.83. The van der Waals surface area contributed by atoms with Crippen LogP contribution in [-0.4, -0.2) is 66.7 Å². The van der Waals surface area contributed by atoms with Gasteiger partial charge in [0.25, 0.3) is 0 Å². The van der Waals surface area contributed by atoms with Gasteiger partial charge in [-0.15, -0.1) is 0 Å². The minimum absolute atomic E-state index is 0.0277. The fourth-order valence-electron chi connectivity index (χ4n) is 4.24. The third-order valence-electron chi connectivity index (χ3n) is 5.62. The highest BCUT2D eigenvalue weighted by Crippen LogP contribution is 2.33. The summed E-state index contributed by atoms with van der Waals surface area (Å²) in [6.45, 7) is 1.26. The second-order valence-corrected chi connectivity index (χ2v) is 7.20. The number of carbonyl (C=O) groups is 2. The third-order valence-corrected chi connectivity index (χ3v) is 5.62. The average molecular weight is 376 g/mol. The summed E-state index contributed by atoms with van der Waals surface area (Å²) < 4.78 is 10.5. The minimum Gasteiger partial charge on any atom is -0.493 e. The van der Waals surface area contributed by atoms with Crippen LogP contribution in [0, 0.1) is 0 Å². The number of piperazine rings is 1. The second-order valence-electron chi connectivity index (χ2n) is 7.20. The van der Waals surface area contributed by atoms with E-state index in [0.717, 1.165) is 12.8 Å². The molecule has 1 aromatic carbocycles. The topological polar surface area (TPSA) is 79.3 Å². The normalized spacial score (nSPS) is 20.4. The van der Waals surface area contributed by atoms with Crippen molar-refractivity contribution in [3.05, 3.63) is 23.8 Å². The second kappa shape index (κ2) is 8.61. The number of ether oxygens (including phenoxy) is 2. The van der Waals surface area contributed by atoms with E-state index in [1.807, 2.05) is 4.90 Å². The number of hydrogen-bond acceptors (Lipinski definition) is 5. The molecule has 3 rings (SSSR count). The first kappa shape index (κ1) is 19.5. The molecule has 1 aliphatic carbocycles. The Morgan fingerprint density at radius 1 is 1.11 bits per heavy atom. The Labute approximate surface area is 159 Å². The molecule has 1 atom stereocenters. The van der Waals surface area contributed by atoms with Gasteiger partial charge >= 0.3 is 5.97 Å². The number of methoxy groups -OCH3 is 2. The maximum Gasteiger partial charge on any atom is 0.325 e. The largest absolute Gasteiger partial charge is 0.493 e. The van der Waals surface area contributed by atoms with Crippen molar-refractivity contribution >= 4 is 11.9 Å². The molecule has 1 heterocycles. The lowest BCUT2D eigenvalue weighted by Crippen LogP contribution is -2.55. The van der Waals surface area contributed by atoms with Gasteiger partial charge in [0, 0.05) is 19.1 Å². The zero-order valence-electron chi connectivity index (χ0n) is 16.0. The number of rotatable bonds is 6. The van der Waals surface area contributed by atoms with Gasteiger partial charge in [-0.25, -0.2) is 0 Å². The first-order chi connectivity index (χ1) is 13.0. The van der Waals surface area contributed by atoms with Gasteiger partial charge in [-0.3, -0.25) is 14.5 Å². The molecule has 0 bridgehead atoms. The van der Waals surface area contributed by atoms with Gasteiger partial charge in [-0.05, 0) is 30.5 Å². The fraction of sp³-hybridized carbons (Fsp3) is 0.600. The molecule has 1 saturated heterocycles. The van der Waals surface area contributed by atoms with Crippen molar-refractivity contribution < 1.29 is 24.2 Å². The van der Waals surface area contributed by atoms with E-state index in [2.05, 4.69) is 0 Å². The zero-order chi connectivity index (χ0) is 19.4. The highest BCUT2D eigenvalue weighted by Gasteiger charge is 2.36. The highest BCUT2D eigenvalue weighted by molar-refractivity contribution is 5.82. The predicted molar refractivity (Wildman–Crippen MR) is 100 cm³/mol. The number of nitrogens with zero attached hydrogens (tertiary/aromatic N) is 2. The smallest absolute Gasteiger partial charge is 0.325 e. The standard InChI is InChI=1S/C20H28N2O5/c1-26-16-9-8-14(12-17(16)27-2)19(20(24)25)21-10-11-22(18(23)13-21)15-6-4-3-5-7-15/h8-9,12,15,19H,3-7,10-11,13H2,1-2H3,(H,24,25). The van der Waals surface area contributed by atoms with Crippen LogP contribution >= 0.6 is 0 Å². The van der Waals surface area contributed by atoms with Crippen molar-refractivity contribution in [2.75, 3.05) is 33.9 Å². The van der Waals surface area contributed by atoms with Crippen LogP contribution < -0.4 is 9.47 Å². The molecule has 0 radical (unpaired) electrons. The zero-order valence-corrected chi connectivity index (χ0v) is 16.0. The van der Waals surface area contributed by atoms with E-state index < -0.39 is 12.0 Å². The lowest BCUT2D eigenvalue weighted by Gasteiger charge is -2.42. The number of carboxylic acid groups (broad SMARTS) is 1. The van der Waals surface area contributed by atoms with Crippen LogP contribution in [0.3, 0.4) is 0 Å². The summed E-state index contributed by atoms with van der Waals surface area (Å²) in [7, 11) is 3.05. The van der Waals surface area contributed by atoms with Crippen LogP contribution in [0.15, 0.2) is 18.2 Å². The van der Waals surface area contributed by atoms with Gasteiger partial charge < -0.3 is 19.5 Å². The number of benzene rings is 1. The molecule has 7 heteroatoms. The van der Waals surface area contributed by atoms with E-state index >= 15 is 0 Å². The maximum atomic E-state index is 12.7. The van der Waals surface area contributed by atoms with E-state index in [0.29, 0.717) is 36.2 Å². The van der Waals surface area contributed by atoms with Crippen molar-refractivity contribution in [1.82, 2.24) is 9.80 Å². The quantitative estimate of drug-likeness (QED) is 0.821. The lowest BCUT2D eigenvalue weighted by molar-refractivity contribution is -0.149. The van der Waals surface area contributed by atoms with Crippen LogP contribution in [0.5, 0.6) is 11.5 Å². The van der Waals surface area contributed by atoms with Crippen LogP contribution in [0.2, 0.25) is 0 Å². The van der Waals surface area contributed by atoms with Gasteiger partial charge in [0.05, 0.1) is 20.8 Å². The minimum atomic E-state index is -0.971. The van der Waals surface area contributed by atoms with Crippen LogP contribution in [-0.2, 0) is 9.59 Å². The summed E-state index contributed by atoms with van der Waals surface area (Å²) in [5.74, 6) is 0.0815. The Morgan fingerprint density at radius 3 is 2.41 bits per heavy atom. The molecule has 1 aliphatic heterocycles. The first-order valence-corrected chi connectivity index (χ1v) is 9.53. The van der Waals surface area contributed by atoms with E-state index in [-0.39, 0.29) is 12.5 Å². The molecule has 148 valence electrons. The van der Waals surface area contributed by atoms with Gasteiger partial charge in [-0.2, -0.15) is 0 Å². The molecule has 2 aliphatic rings. The number of hydrogen-bond donors (Lipinski definition) is 1. The molecular formula is C20H28N2O5. The molecule has 1 amide bonds. The molecule has 7 nitrogen and oxygen atoms in total. The molecule has 0 spiro atoms. The van der Waals surface area contributed by atoms with E-state index in [4.69, 9.17) is 9.47 Å². The van der Waals surface area contributed by atoms with Crippen molar-refractivity contribution in [3.8, 4) is 11.5 Å². The Hall–Kier alpha value is -2.28. The van der Waals surface area contributed by atoms with Crippen molar-refractivity contribution in [2.45, 2.75) is 44.2 Å². The van der Waals surface area contributed by atoms with Crippen molar-refractivity contribution in [3.63, 3.8) is 0 Å². The van der Waals surface area contributed by atoms with Gasteiger partial charge in [0.15, 0.2) is 11.5 Å².